The van der Waals surface area contributed by atoms with Gasteiger partial charge < -0.3 is 10.6 Å². The number of hydrogen-bond donors (Lipinski definition) is 1. The largest absolute Gasteiger partial charge is 0.369 e. The van der Waals surface area contributed by atoms with Crippen LogP contribution in [-0.2, 0) is 16.0 Å². The van der Waals surface area contributed by atoms with Crippen molar-refractivity contribution in [3.8, 4) is 17.1 Å². The van der Waals surface area contributed by atoms with Gasteiger partial charge in [-0.15, -0.1) is 0 Å². The zero-order chi connectivity index (χ0) is 19.7. The van der Waals surface area contributed by atoms with E-state index in [9.17, 15) is 9.59 Å². The topological polar surface area (TPSA) is 107 Å². The molecule has 0 saturated carbocycles. The molecule has 2 aromatic heterocycles. The average Bonchev–Trinajstić information content (AvgIpc) is 3.28. The minimum absolute atomic E-state index is 0.0472. The Morgan fingerprint density at radius 2 is 2.14 bits per heavy atom. The summed E-state index contributed by atoms with van der Waals surface area (Å²) in [7, 11) is 0. The average molecular weight is 376 g/mol. The first kappa shape index (κ1) is 17.8. The molecule has 1 saturated heterocycles. The Hall–Kier alpha value is -3.55. The number of amides is 2. The molecule has 0 unspecified atom stereocenters. The molecular weight excluding hydrogens is 356 g/mol. The van der Waals surface area contributed by atoms with Crippen molar-refractivity contribution in [1.82, 2.24) is 19.7 Å². The van der Waals surface area contributed by atoms with Crippen LogP contribution in [0, 0.1) is 6.92 Å². The van der Waals surface area contributed by atoms with Gasteiger partial charge in [-0.05, 0) is 37.1 Å². The van der Waals surface area contributed by atoms with Crippen molar-refractivity contribution in [3.63, 3.8) is 0 Å². The lowest BCUT2D eigenvalue weighted by Crippen LogP contribution is -2.23. The van der Waals surface area contributed by atoms with Crippen LogP contribution in [-0.4, -0.2) is 38.1 Å². The Balaban J connectivity index is 1.82. The monoisotopic (exact) mass is 376 g/mol. The highest BCUT2D eigenvalue weighted by Crippen LogP contribution is 2.28. The summed E-state index contributed by atoms with van der Waals surface area (Å²) < 4.78 is 1.69. The molecule has 8 nitrogen and oxygen atoms in total. The van der Waals surface area contributed by atoms with Crippen molar-refractivity contribution in [3.05, 3.63) is 54.1 Å². The number of nitrogens with zero attached hydrogens (tertiary/aromatic N) is 5. The Bertz CT molecular complexity index is 1060. The van der Waals surface area contributed by atoms with Gasteiger partial charge in [0, 0.05) is 36.6 Å². The summed E-state index contributed by atoms with van der Waals surface area (Å²) in [6, 6.07) is 9.48. The number of hydrogen-bond acceptors (Lipinski definition) is 5. The van der Waals surface area contributed by atoms with E-state index in [1.54, 1.807) is 22.0 Å². The summed E-state index contributed by atoms with van der Waals surface area (Å²) >= 11 is 0. The van der Waals surface area contributed by atoms with Gasteiger partial charge in [0.05, 0.1) is 12.1 Å². The van der Waals surface area contributed by atoms with Gasteiger partial charge in [0.1, 0.15) is 0 Å². The van der Waals surface area contributed by atoms with Gasteiger partial charge in [0.2, 0.25) is 11.8 Å². The fourth-order valence-corrected chi connectivity index (χ4v) is 3.38. The summed E-state index contributed by atoms with van der Waals surface area (Å²) in [5, 5.41) is 4.50. The zero-order valence-corrected chi connectivity index (χ0v) is 15.5. The van der Waals surface area contributed by atoms with Crippen LogP contribution in [0.5, 0.6) is 0 Å². The number of anilines is 1. The van der Waals surface area contributed by atoms with Crippen LogP contribution in [0.4, 0.5) is 5.69 Å². The molecule has 0 spiro atoms. The second-order valence-electron chi connectivity index (χ2n) is 6.77. The molecule has 0 atom stereocenters. The van der Waals surface area contributed by atoms with E-state index in [2.05, 4.69) is 15.1 Å². The summed E-state index contributed by atoms with van der Waals surface area (Å²) in [5.41, 5.74) is 8.70. The van der Waals surface area contributed by atoms with E-state index < -0.39 is 5.91 Å². The summed E-state index contributed by atoms with van der Waals surface area (Å²) in [4.78, 5) is 33.9. The van der Waals surface area contributed by atoms with Crippen molar-refractivity contribution in [2.75, 3.05) is 11.4 Å². The van der Waals surface area contributed by atoms with Crippen LogP contribution in [0.2, 0.25) is 0 Å². The third-order valence-corrected chi connectivity index (χ3v) is 4.69. The van der Waals surface area contributed by atoms with Crippen molar-refractivity contribution in [1.29, 1.82) is 0 Å². The molecule has 4 rings (SSSR count). The molecule has 2 N–H and O–H groups in total. The molecular formula is C20H20N6O2. The normalized spacial score (nSPS) is 13.9. The number of pyridine rings is 1. The summed E-state index contributed by atoms with van der Waals surface area (Å²) in [5.74, 6) is 0.560. The Morgan fingerprint density at radius 3 is 2.86 bits per heavy atom. The number of carbonyl (C=O) groups excluding carboxylic acids is 2. The molecule has 1 aliphatic rings. The highest BCUT2D eigenvalue weighted by atomic mass is 16.2. The molecule has 142 valence electrons. The first-order chi connectivity index (χ1) is 13.5. The highest BCUT2D eigenvalue weighted by molar-refractivity contribution is 5.95. The fraction of sp³-hybridized carbons (Fsp3) is 0.250. The third kappa shape index (κ3) is 3.36. The van der Waals surface area contributed by atoms with E-state index in [0.29, 0.717) is 24.6 Å². The van der Waals surface area contributed by atoms with Crippen LogP contribution in [0.25, 0.3) is 17.1 Å². The summed E-state index contributed by atoms with van der Waals surface area (Å²) in [6.07, 6.45) is 4.81. The van der Waals surface area contributed by atoms with Gasteiger partial charge in [-0.25, -0.2) is 9.67 Å². The van der Waals surface area contributed by atoms with Crippen molar-refractivity contribution >= 4 is 17.5 Å². The maximum atomic E-state index is 12.1. The van der Waals surface area contributed by atoms with Crippen LogP contribution in [0.15, 0.2) is 42.7 Å². The SMILES string of the molecule is Cc1cnccc1-n1nc(CC(N)=O)nc1-c1cccc(N2CCCC2=O)c1. The van der Waals surface area contributed by atoms with Crippen molar-refractivity contribution in [2.45, 2.75) is 26.2 Å². The molecule has 3 heterocycles. The number of primary amides is 1. The molecule has 2 amide bonds. The van der Waals surface area contributed by atoms with Crippen LogP contribution in [0.3, 0.4) is 0 Å². The smallest absolute Gasteiger partial charge is 0.227 e. The molecule has 1 aliphatic heterocycles. The van der Waals surface area contributed by atoms with Crippen LogP contribution >= 0.6 is 0 Å². The number of aromatic nitrogens is 4. The number of nitrogens with two attached hydrogens (primary N) is 1. The minimum atomic E-state index is -0.494. The zero-order valence-electron chi connectivity index (χ0n) is 15.5. The Labute approximate surface area is 162 Å². The standard InChI is InChI=1S/C20H20N6O2/c1-13-12-22-8-7-16(13)26-20(23-18(24-26)11-17(21)27)14-4-2-5-15(10-14)25-9-3-6-19(25)28/h2,4-5,7-8,10,12H,3,6,9,11H2,1H3,(H2,21,27). The number of aryl methyl sites for hydroxylation is 1. The van der Waals surface area contributed by atoms with Crippen LogP contribution in [0.1, 0.15) is 24.2 Å². The molecule has 0 bridgehead atoms. The van der Waals surface area contributed by atoms with E-state index >= 15 is 0 Å². The molecule has 0 radical (unpaired) electrons. The van der Waals surface area contributed by atoms with Gasteiger partial charge in [0.15, 0.2) is 11.6 Å². The maximum Gasteiger partial charge on any atom is 0.227 e. The lowest BCUT2D eigenvalue weighted by atomic mass is 10.1. The van der Waals surface area contributed by atoms with Gasteiger partial charge in [0.25, 0.3) is 0 Å². The molecule has 3 aromatic rings. The number of carbonyl (C=O) groups is 2. The second kappa shape index (κ2) is 7.22. The number of benzene rings is 1. The fourth-order valence-electron chi connectivity index (χ4n) is 3.38. The van der Waals surface area contributed by atoms with E-state index in [0.717, 1.165) is 28.9 Å². The van der Waals surface area contributed by atoms with Gasteiger partial charge in [-0.3, -0.25) is 14.6 Å². The van der Waals surface area contributed by atoms with Crippen molar-refractivity contribution < 1.29 is 9.59 Å². The lowest BCUT2D eigenvalue weighted by Gasteiger charge is -2.16. The maximum absolute atomic E-state index is 12.1. The van der Waals surface area contributed by atoms with Gasteiger partial charge in [-0.2, -0.15) is 5.10 Å². The van der Waals surface area contributed by atoms with Gasteiger partial charge in [-0.1, -0.05) is 12.1 Å². The minimum Gasteiger partial charge on any atom is -0.369 e. The van der Waals surface area contributed by atoms with E-state index in [1.165, 1.54) is 0 Å². The molecule has 1 fully saturated rings. The molecule has 0 aliphatic carbocycles. The first-order valence-corrected chi connectivity index (χ1v) is 9.09. The summed E-state index contributed by atoms with van der Waals surface area (Å²) in [6.45, 7) is 2.65. The van der Waals surface area contributed by atoms with Crippen molar-refractivity contribution in [2.24, 2.45) is 5.73 Å². The number of rotatable bonds is 5. The van der Waals surface area contributed by atoms with E-state index in [1.807, 2.05) is 37.3 Å². The van der Waals surface area contributed by atoms with Crippen LogP contribution < -0.4 is 10.6 Å². The van der Waals surface area contributed by atoms with E-state index in [-0.39, 0.29) is 12.3 Å². The lowest BCUT2D eigenvalue weighted by molar-refractivity contribution is -0.118. The second-order valence-corrected chi connectivity index (χ2v) is 6.77. The predicted molar refractivity (Wildman–Crippen MR) is 104 cm³/mol. The third-order valence-electron chi connectivity index (χ3n) is 4.69. The first-order valence-electron chi connectivity index (χ1n) is 9.09. The Kier molecular flexibility index (Phi) is 4.60. The molecule has 1 aromatic carbocycles. The molecule has 28 heavy (non-hydrogen) atoms. The quantitative estimate of drug-likeness (QED) is 0.730. The molecule has 8 heteroatoms. The van der Waals surface area contributed by atoms with E-state index in [4.69, 9.17) is 5.73 Å². The van der Waals surface area contributed by atoms with Gasteiger partial charge >= 0.3 is 0 Å². The predicted octanol–water partition coefficient (Wildman–Crippen LogP) is 1.79. The highest BCUT2D eigenvalue weighted by Gasteiger charge is 2.23. The Morgan fingerprint density at radius 1 is 1.29 bits per heavy atom.